The molecule has 0 aliphatic carbocycles. The van der Waals surface area contributed by atoms with Gasteiger partial charge in [0.15, 0.2) is 0 Å². The molecule has 0 radical (unpaired) electrons. The Kier molecular flexibility index (Phi) is 5.46. The van der Waals surface area contributed by atoms with E-state index in [1.54, 1.807) is 17.4 Å². The molecule has 21 heavy (non-hydrogen) atoms. The fourth-order valence-electron chi connectivity index (χ4n) is 2.15. The molecular weight excluding hydrogens is 363 g/mol. The van der Waals surface area contributed by atoms with Crippen molar-refractivity contribution in [3.8, 4) is 0 Å². The van der Waals surface area contributed by atoms with Crippen molar-refractivity contribution in [2.45, 2.75) is 25.6 Å². The van der Waals surface area contributed by atoms with Gasteiger partial charge in [-0.25, -0.2) is 0 Å². The third-order valence-electron chi connectivity index (χ3n) is 3.10. The average molecular weight is 378 g/mol. The van der Waals surface area contributed by atoms with Crippen LogP contribution in [0.4, 0.5) is 13.2 Å². The largest absolute Gasteiger partial charge is 0.416 e. The van der Waals surface area contributed by atoms with Crippen molar-refractivity contribution in [3.63, 3.8) is 0 Å². The summed E-state index contributed by atoms with van der Waals surface area (Å²) in [5.74, 6) is 0. The summed E-state index contributed by atoms with van der Waals surface area (Å²) < 4.78 is 39.5. The third-order valence-corrected chi connectivity index (χ3v) is 4.75. The standard InChI is InChI=1S/C15H15BrF3NS/c1-2-20-13(9-12-6-7-14(16)21-12)10-4-3-5-11(8-10)15(17,18)19/h3-8,13,20H,2,9H2,1H3. The summed E-state index contributed by atoms with van der Waals surface area (Å²) in [6, 6.07) is 9.37. The van der Waals surface area contributed by atoms with Crippen LogP contribution >= 0.6 is 27.3 Å². The van der Waals surface area contributed by atoms with Crippen LogP contribution in [0.15, 0.2) is 40.2 Å². The van der Waals surface area contributed by atoms with Gasteiger partial charge in [0, 0.05) is 17.3 Å². The van der Waals surface area contributed by atoms with E-state index in [2.05, 4.69) is 21.2 Å². The van der Waals surface area contributed by atoms with Crippen molar-refractivity contribution >= 4 is 27.3 Å². The quantitative estimate of drug-likeness (QED) is 0.732. The Morgan fingerprint density at radius 2 is 2.00 bits per heavy atom. The first-order chi connectivity index (χ1) is 9.90. The van der Waals surface area contributed by atoms with Crippen molar-refractivity contribution in [1.82, 2.24) is 5.32 Å². The van der Waals surface area contributed by atoms with E-state index in [0.29, 0.717) is 18.5 Å². The predicted molar refractivity (Wildman–Crippen MR) is 83.6 cm³/mol. The molecule has 1 aromatic heterocycles. The van der Waals surface area contributed by atoms with Gasteiger partial charge < -0.3 is 5.32 Å². The van der Waals surface area contributed by atoms with E-state index < -0.39 is 11.7 Å². The van der Waals surface area contributed by atoms with Gasteiger partial charge in [0.25, 0.3) is 0 Å². The highest BCUT2D eigenvalue weighted by Gasteiger charge is 2.31. The maximum Gasteiger partial charge on any atom is 0.416 e. The SMILES string of the molecule is CCNC(Cc1ccc(Br)s1)c1cccc(C(F)(F)F)c1. The fourth-order valence-corrected chi connectivity index (χ4v) is 3.68. The lowest BCUT2D eigenvalue weighted by molar-refractivity contribution is -0.137. The number of likely N-dealkylation sites (N-methyl/N-ethyl adjacent to an activating group) is 1. The molecule has 2 aromatic rings. The Labute approximate surface area is 134 Å². The van der Waals surface area contributed by atoms with Crippen LogP contribution in [0.5, 0.6) is 0 Å². The lowest BCUT2D eigenvalue weighted by Crippen LogP contribution is -2.23. The molecule has 0 amide bonds. The molecule has 1 atom stereocenters. The fraction of sp³-hybridized carbons (Fsp3) is 0.333. The monoisotopic (exact) mass is 377 g/mol. The van der Waals surface area contributed by atoms with E-state index in [1.165, 1.54) is 12.1 Å². The smallest absolute Gasteiger partial charge is 0.310 e. The highest BCUT2D eigenvalue weighted by Crippen LogP contribution is 2.32. The Bertz CT molecular complexity index is 595. The molecule has 0 aliphatic rings. The summed E-state index contributed by atoms with van der Waals surface area (Å²) in [4.78, 5) is 1.13. The molecule has 114 valence electrons. The number of hydrogen-bond acceptors (Lipinski definition) is 2. The van der Waals surface area contributed by atoms with Crippen LogP contribution in [0.2, 0.25) is 0 Å². The summed E-state index contributed by atoms with van der Waals surface area (Å²) in [6.07, 6.45) is -3.63. The topological polar surface area (TPSA) is 12.0 Å². The number of hydrogen-bond donors (Lipinski definition) is 1. The summed E-state index contributed by atoms with van der Waals surface area (Å²) in [5, 5.41) is 3.26. The third kappa shape index (κ3) is 4.56. The van der Waals surface area contributed by atoms with Gasteiger partial charge in [-0.3, -0.25) is 0 Å². The lowest BCUT2D eigenvalue weighted by atomic mass is 10.0. The van der Waals surface area contributed by atoms with Crippen LogP contribution in [-0.4, -0.2) is 6.54 Å². The normalized spacial score (nSPS) is 13.4. The number of rotatable bonds is 5. The van der Waals surface area contributed by atoms with Crippen LogP contribution in [0.1, 0.15) is 29.0 Å². The van der Waals surface area contributed by atoms with Gasteiger partial charge in [-0.2, -0.15) is 13.2 Å². The molecule has 0 aliphatic heterocycles. The van der Waals surface area contributed by atoms with Gasteiger partial charge in [0.2, 0.25) is 0 Å². The van der Waals surface area contributed by atoms with Crippen molar-refractivity contribution < 1.29 is 13.2 Å². The van der Waals surface area contributed by atoms with E-state index in [-0.39, 0.29) is 6.04 Å². The second-order valence-electron chi connectivity index (χ2n) is 4.64. The van der Waals surface area contributed by atoms with E-state index in [0.717, 1.165) is 14.7 Å². The van der Waals surface area contributed by atoms with Crippen LogP contribution in [-0.2, 0) is 12.6 Å². The molecule has 0 bridgehead atoms. The maximum atomic E-state index is 12.8. The lowest BCUT2D eigenvalue weighted by Gasteiger charge is -2.19. The molecule has 1 aromatic carbocycles. The van der Waals surface area contributed by atoms with E-state index >= 15 is 0 Å². The summed E-state index contributed by atoms with van der Waals surface area (Å²) in [6.45, 7) is 2.65. The molecule has 2 rings (SSSR count). The first-order valence-corrected chi connectivity index (χ1v) is 8.16. The molecule has 0 fully saturated rings. The van der Waals surface area contributed by atoms with Crippen LogP contribution in [0, 0.1) is 0 Å². The maximum absolute atomic E-state index is 12.8. The highest BCUT2D eigenvalue weighted by molar-refractivity contribution is 9.11. The van der Waals surface area contributed by atoms with Gasteiger partial charge in [-0.05, 0) is 52.3 Å². The van der Waals surface area contributed by atoms with Crippen LogP contribution < -0.4 is 5.32 Å². The van der Waals surface area contributed by atoms with E-state index in [1.807, 2.05) is 19.1 Å². The molecule has 1 unspecified atom stereocenters. The van der Waals surface area contributed by atoms with E-state index in [9.17, 15) is 13.2 Å². The molecule has 6 heteroatoms. The highest BCUT2D eigenvalue weighted by atomic mass is 79.9. The van der Waals surface area contributed by atoms with Gasteiger partial charge in [0.1, 0.15) is 0 Å². The minimum atomic E-state index is -4.31. The first kappa shape index (κ1) is 16.5. The zero-order valence-corrected chi connectivity index (χ0v) is 13.8. The van der Waals surface area contributed by atoms with Crippen molar-refractivity contribution in [2.75, 3.05) is 6.54 Å². The molecule has 1 N–H and O–H groups in total. The predicted octanol–water partition coefficient (Wildman–Crippen LogP) is 5.42. The van der Waals surface area contributed by atoms with Gasteiger partial charge in [0.05, 0.1) is 9.35 Å². The van der Waals surface area contributed by atoms with Crippen molar-refractivity contribution in [1.29, 1.82) is 0 Å². The Hall–Kier alpha value is -0.850. The molecule has 0 spiro atoms. The zero-order chi connectivity index (χ0) is 15.5. The van der Waals surface area contributed by atoms with Crippen molar-refractivity contribution in [3.05, 3.63) is 56.2 Å². The van der Waals surface area contributed by atoms with Gasteiger partial charge in [-0.1, -0.05) is 19.1 Å². The van der Waals surface area contributed by atoms with E-state index in [4.69, 9.17) is 0 Å². The number of thiophene rings is 1. The zero-order valence-electron chi connectivity index (χ0n) is 11.4. The number of alkyl halides is 3. The number of halogens is 4. The Balaban J connectivity index is 2.25. The number of nitrogens with one attached hydrogen (secondary N) is 1. The Morgan fingerprint density at radius 3 is 2.57 bits per heavy atom. The second-order valence-corrected chi connectivity index (χ2v) is 7.19. The first-order valence-electron chi connectivity index (χ1n) is 6.55. The number of benzene rings is 1. The molecule has 0 saturated heterocycles. The second kappa shape index (κ2) is 6.94. The minimum absolute atomic E-state index is 0.122. The summed E-state index contributed by atoms with van der Waals surface area (Å²) >= 11 is 5.01. The van der Waals surface area contributed by atoms with Crippen molar-refractivity contribution in [2.24, 2.45) is 0 Å². The Morgan fingerprint density at radius 1 is 1.24 bits per heavy atom. The summed E-state index contributed by atoms with van der Waals surface area (Å²) in [7, 11) is 0. The summed E-state index contributed by atoms with van der Waals surface area (Å²) in [5.41, 5.74) is 0.0615. The van der Waals surface area contributed by atoms with Crippen LogP contribution in [0.25, 0.3) is 0 Å². The minimum Gasteiger partial charge on any atom is -0.310 e. The van der Waals surface area contributed by atoms with Crippen LogP contribution in [0.3, 0.4) is 0 Å². The van der Waals surface area contributed by atoms with Gasteiger partial charge in [-0.15, -0.1) is 11.3 Å². The average Bonchev–Trinajstić information content (AvgIpc) is 2.83. The molecule has 1 nitrogen and oxygen atoms in total. The molecule has 1 heterocycles. The molecular formula is C15H15BrF3NS. The molecule has 0 saturated carbocycles. The van der Waals surface area contributed by atoms with Gasteiger partial charge >= 0.3 is 6.18 Å².